The second-order valence-corrected chi connectivity index (χ2v) is 5.10. The zero-order chi connectivity index (χ0) is 11.7. The van der Waals surface area contributed by atoms with E-state index in [1.165, 1.54) is 21.9 Å². The lowest BCUT2D eigenvalue weighted by Gasteiger charge is -2.14. The topological polar surface area (TPSA) is 0 Å². The Morgan fingerprint density at radius 1 is 0.625 bits per heavy atom. The summed E-state index contributed by atoms with van der Waals surface area (Å²) in [4.78, 5) is 0. The first kappa shape index (κ1) is 11.2. The van der Waals surface area contributed by atoms with Crippen LogP contribution in [-0.2, 0) is 0 Å². The van der Waals surface area contributed by atoms with E-state index in [-0.39, 0.29) is 0 Å². The first-order valence-electron chi connectivity index (χ1n) is 6.12. The van der Waals surface area contributed by atoms with Crippen LogP contribution in [0.5, 0.6) is 0 Å². The summed E-state index contributed by atoms with van der Waals surface area (Å²) in [5.41, 5.74) is 2.92. The number of rotatable bonds is 2. The molecule has 0 heteroatoms. The van der Waals surface area contributed by atoms with Crippen molar-refractivity contribution in [2.24, 2.45) is 0 Å². The van der Waals surface area contributed by atoms with E-state index in [2.05, 4.69) is 64.1 Å². The molecule has 0 radical (unpaired) electrons. The molecule has 2 aromatic carbocycles. The minimum absolute atomic E-state index is 0.589. The Morgan fingerprint density at radius 3 is 1.31 bits per heavy atom. The predicted octanol–water partition coefficient (Wildman–Crippen LogP) is 5.09. The summed E-state index contributed by atoms with van der Waals surface area (Å²) in [5.74, 6) is 1.18. The van der Waals surface area contributed by atoms with Crippen LogP contribution in [-0.4, -0.2) is 0 Å². The summed E-state index contributed by atoms with van der Waals surface area (Å²) in [7, 11) is 0. The van der Waals surface area contributed by atoms with Crippen LogP contribution in [0.15, 0.2) is 36.4 Å². The van der Waals surface area contributed by atoms with Crippen molar-refractivity contribution in [2.75, 3.05) is 0 Å². The smallest absolute Gasteiger partial charge is 0.0146 e. The Kier molecular flexibility index (Phi) is 3.00. The van der Waals surface area contributed by atoms with E-state index in [0.29, 0.717) is 11.8 Å². The Labute approximate surface area is 98.3 Å². The van der Waals surface area contributed by atoms with Gasteiger partial charge in [-0.25, -0.2) is 0 Å². The van der Waals surface area contributed by atoms with Crippen molar-refractivity contribution in [1.29, 1.82) is 0 Å². The lowest BCUT2D eigenvalue weighted by atomic mass is 9.90. The molecule has 16 heavy (non-hydrogen) atoms. The van der Waals surface area contributed by atoms with E-state index in [9.17, 15) is 0 Å². The molecule has 2 rings (SSSR count). The molecule has 2 aromatic rings. The molecule has 0 unspecified atom stereocenters. The summed E-state index contributed by atoms with van der Waals surface area (Å²) >= 11 is 0. The minimum Gasteiger partial charge on any atom is -0.0613 e. The first-order chi connectivity index (χ1) is 7.61. The van der Waals surface area contributed by atoms with Crippen molar-refractivity contribution >= 4 is 10.8 Å². The van der Waals surface area contributed by atoms with Crippen LogP contribution >= 0.6 is 0 Å². The largest absolute Gasteiger partial charge is 0.0613 e. The average Bonchev–Trinajstić information content (AvgIpc) is 2.27. The molecule has 0 bridgehead atoms. The third-order valence-corrected chi connectivity index (χ3v) is 3.23. The van der Waals surface area contributed by atoms with Crippen LogP contribution in [0.3, 0.4) is 0 Å². The molecule has 0 atom stereocenters. The zero-order valence-electron chi connectivity index (χ0n) is 10.6. The molecule has 0 saturated carbocycles. The van der Waals surface area contributed by atoms with Gasteiger partial charge in [-0.15, -0.1) is 0 Å². The van der Waals surface area contributed by atoms with E-state index in [0.717, 1.165) is 0 Å². The van der Waals surface area contributed by atoms with Gasteiger partial charge in [-0.3, -0.25) is 0 Å². The van der Waals surface area contributed by atoms with Crippen LogP contribution in [0.1, 0.15) is 50.7 Å². The molecule has 0 aromatic heterocycles. The highest BCUT2D eigenvalue weighted by molar-refractivity contribution is 5.89. The molecule has 0 saturated heterocycles. The van der Waals surface area contributed by atoms with Crippen LogP contribution in [0.25, 0.3) is 10.8 Å². The zero-order valence-corrected chi connectivity index (χ0v) is 10.6. The van der Waals surface area contributed by atoms with Gasteiger partial charge in [0, 0.05) is 0 Å². The summed E-state index contributed by atoms with van der Waals surface area (Å²) in [6.07, 6.45) is 0. The molecule has 0 spiro atoms. The second-order valence-electron chi connectivity index (χ2n) is 5.10. The highest BCUT2D eigenvalue weighted by atomic mass is 14.1. The highest BCUT2D eigenvalue weighted by Crippen LogP contribution is 2.30. The number of hydrogen-bond donors (Lipinski definition) is 0. The minimum atomic E-state index is 0.589. The van der Waals surface area contributed by atoms with E-state index >= 15 is 0 Å². The maximum absolute atomic E-state index is 2.26. The van der Waals surface area contributed by atoms with Crippen LogP contribution < -0.4 is 0 Å². The molecular formula is C16H20. The highest BCUT2D eigenvalue weighted by Gasteiger charge is 2.08. The third-order valence-electron chi connectivity index (χ3n) is 3.23. The van der Waals surface area contributed by atoms with Gasteiger partial charge in [0.05, 0.1) is 0 Å². The lowest BCUT2D eigenvalue weighted by molar-refractivity contribution is 0.868. The van der Waals surface area contributed by atoms with Gasteiger partial charge in [-0.1, -0.05) is 64.1 Å². The second kappa shape index (κ2) is 4.29. The molecule has 0 aliphatic rings. The molecule has 0 aliphatic carbocycles. The lowest BCUT2D eigenvalue weighted by Crippen LogP contribution is -1.93. The predicted molar refractivity (Wildman–Crippen MR) is 72.1 cm³/mol. The fraction of sp³-hybridized carbons (Fsp3) is 0.375. The van der Waals surface area contributed by atoms with E-state index < -0.39 is 0 Å². The molecule has 0 N–H and O–H groups in total. The average molecular weight is 212 g/mol. The Balaban J connectivity index is 2.76. The standard InChI is InChI=1S/C16H20/c1-11(2)13-7-5-10-16-14(12(3)4)8-6-9-15(13)16/h5-12H,1-4H3. The van der Waals surface area contributed by atoms with Crippen molar-refractivity contribution in [1.82, 2.24) is 0 Å². The van der Waals surface area contributed by atoms with Crippen molar-refractivity contribution in [2.45, 2.75) is 39.5 Å². The van der Waals surface area contributed by atoms with Crippen molar-refractivity contribution in [3.05, 3.63) is 47.5 Å². The summed E-state index contributed by atoms with van der Waals surface area (Å²) in [6, 6.07) is 13.4. The van der Waals surface area contributed by atoms with Gasteiger partial charge in [-0.05, 0) is 33.7 Å². The summed E-state index contributed by atoms with van der Waals surface area (Å²) in [5, 5.41) is 2.84. The van der Waals surface area contributed by atoms with Crippen LogP contribution in [0.4, 0.5) is 0 Å². The Bertz CT molecular complexity index is 445. The first-order valence-corrected chi connectivity index (χ1v) is 6.12. The number of hydrogen-bond acceptors (Lipinski definition) is 0. The van der Waals surface area contributed by atoms with E-state index in [1.807, 2.05) is 0 Å². The van der Waals surface area contributed by atoms with Gasteiger partial charge in [0.15, 0.2) is 0 Å². The molecule has 0 fully saturated rings. The van der Waals surface area contributed by atoms with Gasteiger partial charge < -0.3 is 0 Å². The molecule has 0 heterocycles. The number of benzene rings is 2. The Hall–Kier alpha value is -1.30. The van der Waals surface area contributed by atoms with Gasteiger partial charge in [0.25, 0.3) is 0 Å². The Morgan fingerprint density at radius 2 is 1.00 bits per heavy atom. The fourth-order valence-corrected chi connectivity index (χ4v) is 2.37. The molecule has 84 valence electrons. The van der Waals surface area contributed by atoms with Crippen molar-refractivity contribution in [3.63, 3.8) is 0 Å². The van der Waals surface area contributed by atoms with Crippen molar-refractivity contribution in [3.8, 4) is 0 Å². The van der Waals surface area contributed by atoms with Gasteiger partial charge in [0.1, 0.15) is 0 Å². The van der Waals surface area contributed by atoms with E-state index in [4.69, 9.17) is 0 Å². The summed E-state index contributed by atoms with van der Waals surface area (Å²) < 4.78 is 0. The molecule has 0 aliphatic heterocycles. The monoisotopic (exact) mass is 212 g/mol. The van der Waals surface area contributed by atoms with Crippen LogP contribution in [0, 0.1) is 0 Å². The quantitative estimate of drug-likeness (QED) is 0.650. The van der Waals surface area contributed by atoms with Gasteiger partial charge in [0.2, 0.25) is 0 Å². The molecular weight excluding hydrogens is 192 g/mol. The SMILES string of the molecule is CC(C)c1cccc2c(C(C)C)cccc12. The van der Waals surface area contributed by atoms with Crippen LogP contribution in [0.2, 0.25) is 0 Å². The fourth-order valence-electron chi connectivity index (χ4n) is 2.37. The molecule has 0 nitrogen and oxygen atoms in total. The molecule has 0 amide bonds. The van der Waals surface area contributed by atoms with E-state index in [1.54, 1.807) is 0 Å². The van der Waals surface area contributed by atoms with Crippen molar-refractivity contribution < 1.29 is 0 Å². The normalized spacial score (nSPS) is 11.6. The third kappa shape index (κ3) is 1.84. The number of fused-ring (bicyclic) bond motifs is 1. The van der Waals surface area contributed by atoms with Gasteiger partial charge >= 0.3 is 0 Å². The maximum atomic E-state index is 2.26. The maximum Gasteiger partial charge on any atom is -0.0146 e. The van der Waals surface area contributed by atoms with Gasteiger partial charge in [-0.2, -0.15) is 0 Å². The summed E-state index contributed by atoms with van der Waals surface area (Å²) in [6.45, 7) is 9.04.